The lowest BCUT2D eigenvalue weighted by Gasteiger charge is -2.26. The summed E-state index contributed by atoms with van der Waals surface area (Å²) >= 11 is 0. The number of nitrogens with zero attached hydrogens (tertiary/aromatic N) is 4. The Morgan fingerprint density at radius 3 is 1.94 bits per heavy atom. The number of hydrogen-bond acceptors (Lipinski definition) is 5. The first-order valence-electron chi connectivity index (χ1n) is 16.5. The van der Waals surface area contributed by atoms with E-state index in [9.17, 15) is 5.26 Å². The molecule has 0 bridgehead atoms. The second-order valence-electron chi connectivity index (χ2n) is 13.0. The number of aromatic nitrogens is 3. The predicted molar refractivity (Wildman–Crippen MR) is 198 cm³/mol. The van der Waals surface area contributed by atoms with Gasteiger partial charge in [-0.15, -0.1) is 0 Å². The average molecular weight is 647 g/mol. The van der Waals surface area contributed by atoms with Crippen molar-refractivity contribution in [3.8, 4) is 67.8 Å². The summed E-state index contributed by atoms with van der Waals surface area (Å²) in [7, 11) is 0. The highest BCUT2D eigenvalue weighted by Gasteiger charge is 2.30. The van der Waals surface area contributed by atoms with Gasteiger partial charge in [0.25, 0.3) is 0 Å². The van der Waals surface area contributed by atoms with Crippen molar-refractivity contribution in [1.29, 1.82) is 5.26 Å². The minimum atomic E-state index is -0.918. The topological polar surface area (TPSA) is 73.0 Å². The third-order valence-electron chi connectivity index (χ3n) is 9.26. The van der Waals surface area contributed by atoms with Crippen LogP contribution in [0.25, 0.3) is 72.0 Å². The van der Waals surface area contributed by atoms with Gasteiger partial charge < -0.3 is 14.0 Å². The molecule has 0 atom stereocenters. The average Bonchev–Trinajstić information content (AvgIpc) is 3.43. The lowest BCUT2D eigenvalue weighted by molar-refractivity contribution is -0.0778. The van der Waals surface area contributed by atoms with Crippen molar-refractivity contribution in [1.82, 2.24) is 14.5 Å². The molecule has 0 unspecified atom stereocenters. The first-order chi connectivity index (χ1) is 24.4. The second-order valence-corrected chi connectivity index (χ2v) is 13.0. The maximum Gasteiger partial charge on any atom is 0.245 e. The molecule has 5 aromatic carbocycles. The highest BCUT2D eigenvalue weighted by Crippen LogP contribution is 2.46. The summed E-state index contributed by atoms with van der Waals surface area (Å²) in [6, 6.07) is 43.8. The van der Waals surface area contributed by atoms with Crippen molar-refractivity contribution in [2.24, 2.45) is 0 Å². The molecule has 0 spiro atoms. The van der Waals surface area contributed by atoms with Crippen LogP contribution in [0.2, 0.25) is 0 Å². The maximum atomic E-state index is 9.62. The summed E-state index contributed by atoms with van der Waals surface area (Å²) in [5.74, 6) is 0.563. The van der Waals surface area contributed by atoms with Gasteiger partial charge in [0, 0.05) is 77.3 Å². The fraction of sp³-hybridized carbons (Fsp3) is 0.0682. The van der Waals surface area contributed by atoms with Crippen LogP contribution < -0.4 is 9.47 Å². The van der Waals surface area contributed by atoms with Gasteiger partial charge >= 0.3 is 0 Å². The summed E-state index contributed by atoms with van der Waals surface area (Å²) in [4.78, 5) is 8.75. The Morgan fingerprint density at radius 2 is 1.24 bits per heavy atom. The van der Waals surface area contributed by atoms with Gasteiger partial charge in [-0.2, -0.15) is 5.26 Å². The fourth-order valence-corrected chi connectivity index (χ4v) is 7.03. The molecule has 0 fully saturated rings. The standard InChI is InChI=1S/C44H30N4O2/c1-44(2)49-42-16-13-35(48-40-10-4-3-9-36(40)38-19-28(25-45)11-15-41(38)48)24-39(42)37-14-12-29(23-43(37)50-44)32-20-33(30-7-5-17-46-26-30)22-34(21-32)31-8-6-18-47-27-31/h3-24,26-27H,1-2H3. The van der Waals surface area contributed by atoms with Crippen LogP contribution in [0.4, 0.5) is 0 Å². The van der Waals surface area contributed by atoms with E-state index in [0.29, 0.717) is 5.56 Å². The van der Waals surface area contributed by atoms with Crippen LogP contribution in [0.3, 0.4) is 0 Å². The molecule has 0 amide bonds. The van der Waals surface area contributed by atoms with E-state index in [4.69, 9.17) is 9.47 Å². The molecule has 6 nitrogen and oxygen atoms in total. The zero-order valence-electron chi connectivity index (χ0n) is 27.5. The molecule has 0 radical (unpaired) electrons. The zero-order chi connectivity index (χ0) is 33.8. The first kappa shape index (κ1) is 29.4. The van der Waals surface area contributed by atoms with E-state index in [2.05, 4.69) is 93.4 Å². The summed E-state index contributed by atoms with van der Waals surface area (Å²) < 4.78 is 15.4. The third-order valence-corrected chi connectivity index (χ3v) is 9.26. The smallest absolute Gasteiger partial charge is 0.245 e. The van der Waals surface area contributed by atoms with Gasteiger partial charge in [-0.1, -0.05) is 36.4 Å². The van der Waals surface area contributed by atoms with Crippen molar-refractivity contribution in [3.05, 3.63) is 152 Å². The number of fused-ring (bicyclic) bond motifs is 6. The maximum absolute atomic E-state index is 9.62. The number of hydrogen-bond donors (Lipinski definition) is 0. The van der Waals surface area contributed by atoms with E-state index in [-0.39, 0.29) is 0 Å². The first-order valence-corrected chi connectivity index (χ1v) is 16.5. The molecular weight excluding hydrogens is 617 g/mol. The number of para-hydroxylation sites is 1. The van der Waals surface area contributed by atoms with E-state index >= 15 is 0 Å². The van der Waals surface area contributed by atoms with Gasteiger partial charge in [-0.05, 0) is 107 Å². The van der Waals surface area contributed by atoms with Crippen LogP contribution in [0, 0.1) is 11.3 Å². The van der Waals surface area contributed by atoms with E-state index in [1.54, 1.807) is 12.4 Å². The SMILES string of the molecule is CC1(C)Oc2cc(-c3cc(-c4cccnc4)cc(-c4cccnc4)c3)ccc2-c2cc(-n3c4ccccc4c4cc(C#N)ccc43)ccc2O1. The van der Waals surface area contributed by atoms with Crippen LogP contribution in [0.1, 0.15) is 19.4 Å². The van der Waals surface area contributed by atoms with Crippen LogP contribution in [-0.4, -0.2) is 20.3 Å². The van der Waals surface area contributed by atoms with Crippen molar-refractivity contribution in [2.75, 3.05) is 0 Å². The minimum Gasteiger partial charge on any atom is -0.452 e. The lowest BCUT2D eigenvalue weighted by Crippen LogP contribution is -2.34. The van der Waals surface area contributed by atoms with E-state index in [1.807, 2.05) is 74.8 Å². The van der Waals surface area contributed by atoms with Gasteiger partial charge in [-0.3, -0.25) is 9.97 Å². The number of benzene rings is 5. The quantitative estimate of drug-likeness (QED) is 0.190. The molecular formula is C44H30N4O2. The van der Waals surface area contributed by atoms with Crippen molar-refractivity contribution in [3.63, 3.8) is 0 Å². The highest BCUT2D eigenvalue weighted by molar-refractivity contribution is 6.09. The molecule has 1 aliphatic rings. The van der Waals surface area contributed by atoms with Gasteiger partial charge in [0.15, 0.2) is 0 Å². The molecule has 3 aromatic heterocycles. The minimum absolute atomic E-state index is 0.637. The van der Waals surface area contributed by atoms with Crippen molar-refractivity contribution in [2.45, 2.75) is 19.6 Å². The summed E-state index contributed by atoms with van der Waals surface area (Å²) in [5, 5.41) is 11.8. The molecule has 8 aromatic rings. The van der Waals surface area contributed by atoms with E-state index < -0.39 is 5.79 Å². The van der Waals surface area contributed by atoms with Crippen molar-refractivity contribution >= 4 is 21.8 Å². The van der Waals surface area contributed by atoms with Crippen LogP contribution in [0.5, 0.6) is 11.5 Å². The molecule has 0 aliphatic carbocycles. The normalized spacial score (nSPS) is 13.1. The summed E-state index contributed by atoms with van der Waals surface area (Å²) in [5.41, 5.74) is 11.9. The van der Waals surface area contributed by atoms with Gasteiger partial charge in [0.05, 0.1) is 22.7 Å². The molecule has 0 N–H and O–H groups in total. The van der Waals surface area contributed by atoms with E-state index in [1.165, 1.54) is 0 Å². The Hall–Kier alpha value is -6.71. The van der Waals surface area contributed by atoms with Crippen LogP contribution in [0.15, 0.2) is 146 Å². The van der Waals surface area contributed by atoms with Crippen LogP contribution >= 0.6 is 0 Å². The third kappa shape index (κ3) is 5.04. The second kappa shape index (κ2) is 11.5. The molecule has 4 heterocycles. The number of ether oxygens (including phenoxy) is 2. The lowest BCUT2D eigenvalue weighted by atomic mass is 9.93. The Morgan fingerprint density at radius 1 is 0.560 bits per heavy atom. The molecule has 238 valence electrons. The fourth-order valence-electron chi connectivity index (χ4n) is 7.03. The number of nitriles is 1. The Balaban J connectivity index is 1.21. The van der Waals surface area contributed by atoms with Gasteiger partial charge in [-0.25, -0.2) is 0 Å². The molecule has 50 heavy (non-hydrogen) atoms. The van der Waals surface area contributed by atoms with Gasteiger partial charge in [0.2, 0.25) is 5.79 Å². The Kier molecular flexibility index (Phi) is 6.75. The number of pyridine rings is 2. The van der Waals surface area contributed by atoms with Gasteiger partial charge in [0.1, 0.15) is 11.5 Å². The number of rotatable bonds is 4. The van der Waals surface area contributed by atoms with Crippen LogP contribution in [-0.2, 0) is 0 Å². The molecule has 0 saturated carbocycles. The van der Waals surface area contributed by atoms with E-state index in [0.717, 1.165) is 83.5 Å². The zero-order valence-corrected chi connectivity index (χ0v) is 27.5. The molecule has 9 rings (SSSR count). The Bertz CT molecular complexity index is 2580. The molecule has 1 aliphatic heterocycles. The molecule has 6 heteroatoms. The Labute approximate surface area is 289 Å². The predicted octanol–water partition coefficient (Wildman–Crippen LogP) is 10.6. The highest BCUT2D eigenvalue weighted by atomic mass is 16.7. The van der Waals surface area contributed by atoms with Crippen molar-refractivity contribution < 1.29 is 9.47 Å². The summed E-state index contributed by atoms with van der Waals surface area (Å²) in [6.07, 6.45) is 7.36. The monoisotopic (exact) mass is 646 g/mol. The molecule has 0 saturated heterocycles. The summed E-state index contributed by atoms with van der Waals surface area (Å²) in [6.45, 7) is 3.88. The largest absolute Gasteiger partial charge is 0.452 e.